The summed E-state index contributed by atoms with van der Waals surface area (Å²) in [5.41, 5.74) is 1.15. The molecule has 1 spiro atoms. The normalized spacial score (nSPS) is 23.4. The SMILES string of the molecule is COCCN1C[C@]2(CCCN(C(=O)c3cccn4cnnc34)C2)CCC1=O. The molecule has 0 aromatic carbocycles. The van der Waals surface area contributed by atoms with E-state index in [2.05, 4.69) is 10.2 Å². The number of carbonyl (C=O) groups excluding carboxylic acids is 2. The molecule has 0 saturated carbocycles. The Labute approximate surface area is 158 Å². The molecule has 0 bridgehead atoms. The number of likely N-dealkylation sites (tertiary alicyclic amines) is 2. The maximum Gasteiger partial charge on any atom is 0.257 e. The summed E-state index contributed by atoms with van der Waals surface area (Å²) in [5, 5.41) is 8.00. The molecule has 144 valence electrons. The van der Waals surface area contributed by atoms with Crippen LogP contribution in [0.4, 0.5) is 0 Å². The lowest BCUT2D eigenvalue weighted by Crippen LogP contribution is -2.55. The quantitative estimate of drug-likeness (QED) is 0.807. The molecule has 2 aliphatic rings. The van der Waals surface area contributed by atoms with Crippen LogP contribution in [0.2, 0.25) is 0 Å². The number of hydrogen-bond donors (Lipinski definition) is 0. The third-order valence-electron chi connectivity index (χ3n) is 5.82. The fourth-order valence-electron chi connectivity index (χ4n) is 4.41. The molecule has 8 nitrogen and oxygen atoms in total. The maximum atomic E-state index is 13.2. The third-order valence-corrected chi connectivity index (χ3v) is 5.82. The van der Waals surface area contributed by atoms with Gasteiger partial charge in [0.05, 0.1) is 12.2 Å². The minimum Gasteiger partial charge on any atom is -0.383 e. The van der Waals surface area contributed by atoms with E-state index in [4.69, 9.17) is 4.74 Å². The van der Waals surface area contributed by atoms with Crippen LogP contribution in [0.25, 0.3) is 5.65 Å². The van der Waals surface area contributed by atoms with Crippen molar-refractivity contribution in [2.45, 2.75) is 25.7 Å². The van der Waals surface area contributed by atoms with Gasteiger partial charge < -0.3 is 14.5 Å². The molecule has 0 unspecified atom stereocenters. The summed E-state index contributed by atoms with van der Waals surface area (Å²) in [6.45, 7) is 3.27. The second-order valence-electron chi connectivity index (χ2n) is 7.62. The van der Waals surface area contributed by atoms with Gasteiger partial charge in [-0.05, 0) is 31.4 Å². The zero-order chi connectivity index (χ0) is 18.9. The van der Waals surface area contributed by atoms with Gasteiger partial charge in [0.1, 0.15) is 6.33 Å². The molecule has 27 heavy (non-hydrogen) atoms. The monoisotopic (exact) mass is 371 g/mol. The molecule has 8 heteroatoms. The van der Waals surface area contributed by atoms with Gasteiger partial charge in [0.15, 0.2) is 5.65 Å². The number of amides is 2. The molecule has 0 radical (unpaired) electrons. The molecule has 2 fully saturated rings. The Morgan fingerprint density at radius 2 is 2.22 bits per heavy atom. The second-order valence-corrected chi connectivity index (χ2v) is 7.62. The van der Waals surface area contributed by atoms with Gasteiger partial charge in [-0.25, -0.2) is 0 Å². The Morgan fingerprint density at radius 3 is 3.07 bits per heavy atom. The number of ether oxygens (including phenoxy) is 1. The Morgan fingerprint density at radius 1 is 1.33 bits per heavy atom. The highest BCUT2D eigenvalue weighted by molar-refractivity contribution is 5.99. The average molecular weight is 371 g/mol. The summed E-state index contributed by atoms with van der Waals surface area (Å²) in [7, 11) is 1.65. The van der Waals surface area contributed by atoms with Crippen LogP contribution in [0.15, 0.2) is 24.7 Å². The molecule has 1 atom stereocenters. The summed E-state index contributed by atoms with van der Waals surface area (Å²) >= 11 is 0. The lowest BCUT2D eigenvalue weighted by Gasteiger charge is -2.48. The number of fused-ring (bicyclic) bond motifs is 1. The first kappa shape index (κ1) is 17.9. The topological polar surface area (TPSA) is 80.0 Å². The van der Waals surface area contributed by atoms with E-state index in [1.807, 2.05) is 28.1 Å². The average Bonchev–Trinajstić information content (AvgIpc) is 3.17. The van der Waals surface area contributed by atoms with Crippen molar-refractivity contribution < 1.29 is 14.3 Å². The summed E-state index contributed by atoms with van der Waals surface area (Å²) < 4.78 is 6.91. The number of carbonyl (C=O) groups is 2. The fourth-order valence-corrected chi connectivity index (χ4v) is 4.41. The van der Waals surface area contributed by atoms with Crippen LogP contribution in [-0.4, -0.2) is 76.1 Å². The molecular weight excluding hydrogens is 346 g/mol. The van der Waals surface area contributed by atoms with E-state index in [1.165, 1.54) is 0 Å². The number of hydrogen-bond acceptors (Lipinski definition) is 5. The van der Waals surface area contributed by atoms with Crippen molar-refractivity contribution in [3.63, 3.8) is 0 Å². The highest BCUT2D eigenvalue weighted by Gasteiger charge is 2.42. The summed E-state index contributed by atoms with van der Waals surface area (Å²) in [6.07, 6.45) is 6.82. The molecule has 0 aliphatic carbocycles. The van der Waals surface area contributed by atoms with E-state index in [0.717, 1.165) is 25.8 Å². The maximum absolute atomic E-state index is 13.2. The molecule has 4 rings (SSSR count). The van der Waals surface area contributed by atoms with Crippen molar-refractivity contribution >= 4 is 17.5 Å². The number of rotatable bonds is 4. The molecular formula is C19H25N5O3. The van der Waals surface area contributed by atoms with Crippen molar-refractivity contribution in [2.24, 2.45) is 5.41 Å². The number of aromatic nitrogens is 3. The Balaban J connectivity index is 1.53. The number of methoxy groups -OCH3 is 1. The first-order valence-electron chi connectivity index (χ1n) is 9.46. The molecule has 0 N–H and O–H groups in total. The van der Waals surface area contributed by atoms with E-state index < -0.39 is 0 Å². The largest absolute Gasteiger partial charge is 0.383 e. The zero-order valence-corrected chi connectivity index (χ0v) is 15.6. The molecule has 2 aliphatic heterocycles. The Hall–Kier alpha value is -2.48. The predicted molar refractivity (Wildman–Crippen MR) is 98.2 cm³/mol. The smallest absolute Gasteiger partial charge is 0.257 e. The van der Waals surface area contributed by atoms with Crippen LogP contribution in [0.5, 0.6) is 0 Å². The summed E-state index contributed by atoms with van der Waals surface area (Å²) in [6, 6.07) is 3.65. The van der Waals surface area contributed by atoms with Gasteiger partial charge in [-0.1, -0.05) is 0 Å². The summed E-state index contributed by atoms with van der Waals surface area (Å²) in [4.78, 5) is 29.3. The van der Waals surface area contributed by atoms with Gasteiger partial charge in [0.25, 0.3) is 5.91 Å². The molecule has 2 aromatic rings. The summed E-state index contributed by atoms with van der Waals surface area (Å²) in [5.74, 6) is 0.183. The van der Waals surface area contributed by atoms with Crippen LogP contribution in [0, 0.1) is 5.41 Å². The van der Waals surface area contributed by atoms with Crippen LogP contribution in [-0.2, 0) is 9.53 Å². The minimum absolute atomic E-state index is 0.00647. The lowest BCUT2D eigenvalue weighted by molar-refractivity contribution is -0.139. The van der Waals surface area contributed by atoms with Crippen molar-refractivity contribution in [1.29, 1.82) is 0 Å². The predicted octanol–water partition coefficient (Wildman–Crippen LogP) is 1.22. The van der Waals surface area contributed by atoms with Gasteiger partial charge >= 0.3 is 0 Å². The lowest BCUT2D eigenvalue weighted by atomic mass is 9.73. The van der Waals surface area contributed by atoms with Gasteiger partial charge in [0.2, 0.25) is 5.91 Å². The molecule has 2 aromatic heterocycles. The molecule has 2 amide bonds. The fraction of sp³-hybridized carbons (Fsp3) is 0.579. The van der Waals surface area contributed by atoms with E-state index in [9.17, 15) is 9.59 Å². The standard InChI is InChI=1S/C19H25N5O3/c1-27-11-10-22-12-19(7-5-16(22)25)6-3-9-23(13-19)18(26)15-4-2-8-24-14-20-21-17(15)24/h2,4,8,14H,3,5-7,9-13H2,1H3/t19-/m0/s1. The van der Waals surface area contributed by atoms with Crippen molar-refractivity contribution in [3.05, 3.63) is 30.2 Å². The zero-order valence-electron chi connectivity index (χ0n) is 15.6. The highest BCUT2D eigenvalue weighted by Crippen LogP contribution is 2.39. The van der Waals surface area contributed by atoms with Gasteiger partial charge in [0, 0.05) is 51.3 Å². The second kappa shape index (κ2) is 7.26. The van der Waals surface area contributed by atoms with Gasteiger partial charge in [-0.15, -0.1) is 10.2 Å². The van der Waals surface area contributed by atoms with Crippen molar-refractivity contribution in [3.8, 4) is 0 Å². The number of piperidine rings is 2. The third kappa shape index (κ3) is 3.41. The van der Waals surface area contributed by atoms with Gasteiger partial charge in [-0.2, -0.15) is 0 Å². The van der Waals surface area contributed by atoms with E-state index >= 15 is 0 Å². The van der Waals surface area contributed by atoms with Crippen LogP contribution < -0.4 is 0 Å². The first-order chi connectivity index (χ1) is 13.1. The van der Waals surface area contributed by atoms with Crippen molar-refractivity contribution in [2.75, 3.05) is 39.9 Å². The van der Waals surface area contributed by atoms with Crippen LogP contribution in [0.1, 0.15) is 36.0 Å². The van der Waals surface area contributed by atoms with Gasteiger partial charge in [-0.3, -0.25) is 14.0 Å². The Bertz CT molecular complexity index is 851. The van der Waals surface area contributed by atoms with Crippen molar-refractivity contribution in [1.82, 2.24) is 24.4 Å². The van der Waals surface area contributed by atoms with E-state index in [0.29, 0.717) is 43.9 Å². The van der Waals surface area contributed by atoms with E-state index in [1.54, 1.807) is 17.8 Å². The van der Waals surface area contributed by atoms with Crippen LogP contribution in [0.3, 0.4) is 0 Å². The number of nitrogens with zero attached hydrogens (tertiary/aromatic N) is 5. The number of pyridine rings is 1. The van der Waals surface area contributed by atoms with E-state index in [-0.39, 0.29) is 17.2 Å². The first-order valence-corrected chi connectivity index (χ1v) is 9.46. The van der Waals surface area contributed by atoms with Crippen LogP contribution >= 0.6 is 0 Å². The molecule has 2 saturated heterocycles. The minimum atomic E-state index is -0.0195. The molecule has 4 heterocycles. The highest BCUT2D eigenvalue weighted by atomic mass is 16.5. The Kier molecular flexibility index (Phi) is 4.82.